The summed E-state index contributed by atoms with van der Waals surface area (Å²) in [6.45, 7) is 5.16. The number of carboxylic acids is 1. The van der Waals surface area contributed by atoms with Crippen molar-refractivity contribution in [2.24, 2.45) is 23.1 Å². The third-order valence-corrected chi connectivity index (χ3v) is 6.03. The Bertz CT molecular complexity index is 674. The van der Waals surface area contributed by atoms with Gasteiger partial charge in [0, 0.05) is 6.54 Å². The van der Waals surface area contributed by atoms with Gasteiger partial charge in [-0.1, -0.05) is 20.3 Å². The summed E-state index contributed by atoms with van der Waals surface area (Å²) in [4.78, 5) is 51.9. The number of amides is 3. The SMILES string of the molecule is CC(C)CC(NC(=O)C(N)CCCCN)C(=O)NC(CCCCN)C(=O)N1CCCC1C(=O)O. The standard InChI is InChI=1S/C23H44N6O5/c1-15(2)14-18(28-20(30)16(26)8-3-5-11-24)21(31)27-17(9-4-6-12-25)22(32)29-13-7-10-19(29)23(33)34/h15-19H,3-14,24-26H2,1-2H3,(H,27,31)(H,28,30)(H,33,34). The largest absolute Gasteiger partial charge is 0.480 e. The first-order valence-corrected chi connectivity index (χ1v) is 12.4. The van der Waals surface area contributed by atoms with Crippen molar-refractivity contribution in [1.82, 2.24) is 15.5 Å². The molecule has 11 heteroatoms. The molecule has 0 bridgehead atoms. The first-order valence-electron chi connectivity index (χ1n) is 12.4. The molecule has 1 aliphatic heterocycles. The monoisotopic (exact) mass is 484 g/mol. The van der Waals surface area contributed by atoms with Crippen LogP contribution in [0.1, 0.15) is 71.6 Å². The molecule has 1 fully saturated rings. The van der Waals surface area contributed by atoms with E-state index in [-0.39, 0.29) is 5.92 Å². The van der Waals surface area contributed by atoms with E-state index in [4.69, 9.17) is 17.2 Å². The van der Waals surface area contributed by atoms with E-state index in [9.17, 15) is 24.3 Å². The molecule has 0 radical (unpaired) electrons. The predicted octanol–water partition coefficient (Wildman–Crippen LogP) is -0.337. The maximum absolute atomic E-state index is 13.2. The van der Waals surface area contributed by atoms with Gasteiger partial charge in [-0.25, -0.2) is 4.79 Å². The predicted molar refractivity (Wildman–Crippen MR) is 129 cm³/mol. The average molecular weight is 485 g/mol. The second-order valence-electron chi connectivity index (χ2n) is 9.46. The number of likely N-dealkylation sites (tertiary alicyclic amines) is 1. The zero-order valence-electron chi connectivity index (χ0n) is 20.6. The van der Waals surface area contributed by atoms with E-state index >= 15 is 0 Å². The molecule has 0 aliphatic carbocycles. The van der Waals surface area contributed by atoms with E-state index in [1.807, 2.05) is 13.8 Å². The Morgan fingerprint density at radius 3 is 2.09 bits per heavy atom. The number of carbonyl (C=O) groups is 4. The Balaban J connectivity index is 2.93. The first-order chi connectivity index (χ1) is 16.1. The maximum Gasteiger partial charge on any atom is 0.326 e. The molecule has 9 N–H and O–H groups in total. The topological polar surface area (TPSA) is 194 Å². The van der Waals surface area contributed by atoms with Gasteiger partial charge in [-0.15, -0.1) is 0 Å². The van der Waals surface area contributed by atoms with Gasteiger partial charge in [-0.05, 0) is 70.4 Å². The molecule has 4 unspecified atom stereocenters. The molecule has 0 saturated carbocycles. The summed E-state index contributed by atoms with van der Waals surface area (Å²) in [6, 6.07) is -3.38. The molecule has 196 valence electrons. The van der Waals surface area contributed by atoms with Crippen LogP contribution in [-0.4, -0.2) is 77.5 Å². The van der Waals surface area contributed by atoms with Crippen LogP contribution in [0, 0.1) is 5.92 Å². The van der Waals surface area contributed by atoms with Crippen LogP contribution in [0.4, 0.5) is 0 Å². The van der Waals surface area contributed by atoms with Crippen molar-refractivity contribution in [1.29, 1.82) is 0 Å². The highest BCUT2D eigenvalue weighted by molar-refractivity contribution is 5.94. The summed E-state index contributed by atoms with van der Waals surface area (Å²) in [5.74, 6) is -2.26. The average Bonchev–Trinajstić information content (AvgIpc) is 3.27. The van der Waals surface area contributed by atoms with Gasteiger partial charge in [0.05, 0.1) is 6.04 Å². The van der Waals surface area contributed by atoms with Crippen molar-refractivity contribution in [3.05, 3.63) is 0 Å². The van der Waals surface area contributed by atoms with Crippen molar-refractivity contribution >= 4 is 23.7 Å². The summed E-state index contributed by atoms with van der Waals surface area (Å²) in [5, 5.41) is 15.0. The number of nitrogens with two attached hydrogens (primary N) is 3. The summed E-state index contributed by atoms with van der Waals surface area (Å²) >= 11 is 0. The van der Waals surface area contributed by atoms with Crippen LogP contribution in [0.5, 0.6) is 0 Å². The van der Waals surface area contributed by atoms with Gasteiger partial charge >= 0.3 is 5.97 Å². The van der Waals surface area contributed by atoms with Crippen molar-refractivity contribution in [3.63, 3.8) is 0 Å². The third-order valence-electron chi connectivity index (χ3n) is 6.03. The number of nitrogens with zero attached hydrogens (tertiary/aromatic N) is 1. The molecule has 0 aromatic carbocycles. The summed E-state index contributed by atoms with van der Waals surface area (Å²) < 4.78 is 0. The number of hydrogen-bond donors (Lipinski definition) is 6. The van der Waals surface area contributed by atoms with Gasteiger partial charge in [0.15, 0.2) is 0 Å². The van der Waals surface area contributed by atoms with Crippen molar-refractivity contribution in [2.75, 3.05) is 19.6 Å². The minimum Gasteiger partial charge on any atom is -0.480 e. The lowest BCUT2D eigenvalue weighted by atomic mass is 10.0. The highest BCUT2D eigenvalue weighted by atomic mass is 16.4. The number of hydrogen-bond acceptors (Lipinski definition) is 7. The van der Waals surface area contributed by atoms with Crippen LogP contribution in [0.25, 0.3) is 0 Å². The van der Waals surface area contributed by atoms with Gasteiger partial charge in [0.2, 0.25) is 17.7 Å². The zero-order chi connectivity index (χ0) is 25.7. The Labute approximate surface area is 202 Å². The molecule has 4 atom stereocenters. The first kappa shape index (κ1) is 29.8. The van der Waals surface area contributed by atoms with Crippen molar-refractivity contribution in [3.8, 4) is 0 Å². The van der Waals surface area contributed by atoms with Crippen LogP contribution in [0.3, 0.4) is 0 Å². The molecule has 1 heterocycles. The summed E-state index contributed by atoms with van der Waals surface area (Å²) in [5.41, 5.74) is 17.0. The molecule has 3 amide bonds. The van der Waals surface area contributed by atoms with Crippen LogP contribution in [-0.2, 0) is 19.2 Å². The lowest BCUT2D eigenvalue weighted by Crippen LogP contribution is -2.57. The number of carboxylic acid groups (broad SMARTS) is 1. The normalized spacial score (nSPS) is 18.4. The van der Waals surface area contributed by atoms with Crippen LogP contribution in [0.2, 0.25) is 0 Å². The van der Waals surface area contributed by atoms with Crippen molar-refractivity contribution in [2.45, 2.75) is 95.8 Å². The maximum atomic E-state index is 13.2. The zero-order valence-corrected chi connectivity index (χ0v) is 20.6. The fourth-order valence-corrected chi connectivity index (χ4v) is 4.13. The van der Waals surface area contributed by atoms with Gasteiger partial charge in [-0.2, -0.15) is 0 Å². The molecular formula is C23H44N6O5. The Hall–Kier alpha value is -2.24. The Morgan fingerprint density at radius 1 is 0.941 bits per heavy atom. The Kier molecular flexibility index (Phi) is 13.7. The third kappa shape index (κ3) is 9.94. The smallest absolute Gasteiger partial charge is 0.326 e. The van der Waals surface area contributed by atoms with Gasteiger partial charge in [0.1, 0.15) is 18.1 Å². The quantitative estimate of drug-likeness (QED) is 0.160. The molecule has 1 aliphatic rings. The minimum atomic E-state index is -1.05. The molecule has 0 aromatic heterocycles. The van der Waals surface area contributed by atoms with E-state index in [2.05, 4.69) is 10.6 Å². The number of carbonyl (C=O) groups excluding carboxylic acids is 3. The van der Waals surface area contributed by atoms with Crippen LogP contribution in [0.15, 0.2) is 0 Å². The van der Waals surface area contributed by atoms with Gasteiger partial charge < -0.3 is 37.8 Å². The molecule has 0 aromatic rings. The fraction of sp³-hybridized carbons (Fsp3) is 0.826. The minimum absolute atomic E-state index is 0.103. The Morgan fingerprint density at radius 2 is 1.53 bits per heavy atom. The fourth-order valence-electron chi connectivity index (χ4n) is 4.13. The van der Waals surface area contributed by atoms with Crippen LogP contribution < -0.4 is 27.8 Å². The van der Waals surface area contributed by atoms with Crippen LogP contribution >= 0.6 is 0 Å². The van der Waals surface area contributed by atoms with E-state index in [0.717, 1.165) is 6.42 Å². The summed E-state index contributed by atoms with van der Waals surface area (Å²) in [7, 11) is 0. The lowest BCUT2D eigenvalue weighted by molar-refractivity contribution is -0.149. The second kappa shape index (κ2) is 15.6. The molecule has 1 saturated heterocycles. The lowest BCUT2D eigenvalue weighted by Gasteiger charge is -2.29. The summed E-state index contributed by atoms with van der Waals surface area (Å²) in [6.07, 6.45) is 4.91. The van der Waals surface area contributed by atoms with E-state index < -0.39 is 47.9 Å². The second-order valence-corrected chi connectivity index (χ2v) is 9.46. The van der Waals surface area contributed by atoms with Crippen molar-refractivity contribution < 1.29 is 24.3 Å². The highest BCUT2D eigenvalue weighted by Crippen LogP contribution is 2.20. The van der Waals surface area contributed by atoms with E-state index in [1.165, 1.54) is 4.90 Å². The molecule has 11 nitrogen and oxygen atoms in total. The van der Waals surface area contributed by atoms with E-state index in [1.54, 1.807) is 0 Å². The molecular weight excluding hydrogens is 440 g/mol. The van der Waals surface area contributed by atoms with Gasteiger partial charge in [-0.3, -0.25) is 14.4 Å². The number of unbranched alkanes of at least 4 members (excludes halogenated alkanes) is 2. The number of nitrogens with one attached hydrogen (secondary N) is 2. The number of aliphatic carboxylic acids is 1. The highest BCUT2D eigenvalue weighted by Gasteiger charge is 2.38. The molecule has 0 spiro atoms. The molecule has 34 heavy (non-hydrogen) atoms. The molecule has 1 rings (SSSR count). The number of rotatable bonds is 16. The van der Waals surface area contributed by atoms with E-state index in [0.29, 0.717) is 71.0 Å². The van der Waals surface area contributed by atoms with Gasteiger partial charge in [0.25, 0.3) is 0 Å².